The molecule has 0 heteroatoms. The number of rotatable bonds is 0. The Morgan fingerprint density at radius 3 is 2.36 bits per heavy atom. The van der Waals surface area contributed by atoms with Gasteiger partial charge in [-0.3, -0.25) is 0 Å². The van der Waals surface area contributed by atoms with Crippen molar-refractivity contribution in [3.63, 3.8) is 0 Å². The van der Waals surface area contributed by atoms with E-state index in [9.17, 15) is 0 Å². The maximum absolute atomic E-state index is 2.29. The monoisotopic (exact) mass is 148 g/mol. The molecule has 1 aliphatic carbocycles. The second-order valence-corrected chi connectivity index (χ2v) is 3.38. The molecule has 0 atom stereocenters. The van der Waals surface area contributed by atoms with Crippen LogP contribution in [0.5, 0.6) is 0 Å². The van der Waals surface area contributed by atoms with Gasteiger partial charge in [0.2, 0.25) is 0 Å². The van der Waals surface area contributed by atoms with Gasteiger partial charge in [0.05, 0.1) is 0 Å². The van der Waals surface area contributed by atoms with Gasteiger partial charge in [-0.15, -0.1) is 0 Å². The normalized spacial score (nSPS) is 19.3. The van der Waals surface area contributed by atoms with Crippen molar-refractivity contribution in [3.8, 4) is 0 Å². The van der Waals surface area contributed by atoms with Gasteiger partial charge in [0.25, 0.3) is 0 Å². The van der Waals surface area contributed by atoms with E-state index in [1.165, 1.54) is 22.3 Å². The first kappa shape index (κ1) is 8.32. The first-order valence-corrected chi connectivity index (χ1v) is 4.13. The largest absolute Gasteiger partial charge is 0.0775 e. The van der Waals surface area contributed by atoms with Gasteiger partial charge in [0.15, 0.2) is 0 Å². The minimum Gasteiger partial charge on any atom is -0.0775 e. The summed E-state index contributed by atoms with van der Waals surface area (Å²) in [6.45, 7) is 8.76. The van der Waals surface area contributed by atoms with Crippen LogP contribution in [0.2, 0.25) is 0 Å². The predicted octanol–water partition coefficient (Wildman–Crippen LogP) is 3.62. The molecular weight excluding hydrogens is 132 g/mol. The summed E-state index contributed by atoms with van der Waals surface area (Å²) in [6, 6.07) is 0. The van der Waals surface area contributed by atoms with E-state index < -0.39 is 0 Å². The molecule has 0 unspecified atom stereocenters. The minimum absolute atomic E-state index is 1.12. The van der Waals surface area contributed by atoms with E-state index in [0.717, 1.165) is 6.42 Å². The molecule has 0 fully saturated rings. The van der Waals surface area contributed by atoms with E-state index in [-0.39, 0.29) is 0 Å². The van der Waals surface area contributed by atoms with Crippen molar-refractivity contribution >= 4 is 0 Å². The van der Waals surface area contributed by atoms with Gasteiger partial charge in [-0.25, -0.2) is 0 Å². The van der Waals surface area contributed by atoms with Gasteiger partial charge in [-0.05, 0) is 45.3 Å². The topological polar surface area (TPSA) is 0 Å². The molecule has 0 amide bonds. The zero-order chi connectivity index (χ0) is 8.43. The summed E-state index contributed by atoms with van der Waals surface area (Å²) < 4.78 is 0. The van der Waals surface area contributed by atoms with E-state index >= 15 is 0 Å². The number of hydrogen-bond donors (Lipinski definition) is 0. The highest BCUT2D eigenvalue weighted by Crippen LogP contribution is 2.22. The van der Waals surface area contributed by atoms with Crippen LogP contribution < -0.4 is 0 Å². The molecule has 1 rings (SSSR count). The van der Waals surface area contributed by atoms with Crippen molar-refractivity contribution in [1.82, 2.24) is 0 Å². The van der Waals surface area contributed by atoms with Crippen LogP contribution in [0.15, 0.2) is 34.4 Å². The van der Waals surface area contributed by atoms with Crippen LogP contribution in [0.3, 0.4) is 0 Å². The van der Waals surface area contributed by atoms with E-state index in [0.29, 0.717) is 0 Å². The summed E-state index contributed by atoms with van der Waals surface area (Å²) in [5.41, 5.74) is 5.75. The van der Waals surface area contributed by atoms with Gasteiger partial charge in [0, 0.05) is 0 Å². The molecule has 0 spiro atoms. The Bertz CT molecular complexity index is 249. The lowest BCUT2D eigenvalue weighted by Crippen LogP contribution is -1.82. The Morgan fingerprint density at radius 1 is 1.09 bits per heavy atom. The smallest absolute Gasteiger partial charge is 0.0130 e. The lowest BCUT2D eigenvalue weighted by atomic mass is 10.0. The molecule has 0 radical (unpaired) electrons. The fourth-order valence-electron chi connectivity index (χ4n) is 1.31. The summed E-state index contributed by atoms with van der Waals surface area (Å²) >= 11 is 0. The highest BCUT2D eigenvalue weighted by Gasteiger charge is 2.02. The van der Waals surface area contributed by atoms with Crippen LogP contribution in [-0.4, -0.2) is 0 Å². The second-order valence-electron chi connectivity index (χ2n) is 3.38. The molecule has 60 valence electrons. The van der Waals surface area contributed by atoms with E-state index in [1.807, 2.05) is 0 Å². The van der Waals surface area contributed by atoms with Crippen molar-refractivity contribution in [2.24, 2.45) is 0 Å². The first-order valence-electron chi connectivity index (χ1n) is 4.13. The zero-order valence-electron chi connectivity index (χ0n) is 7.86. The van der Waals surface area contributed by atoms with Gasteiger partial charge in [-0.2, -0.15) is 0 Å². The number of allylic oxidation sites excluding steroid dienone is 6. The Labute approximate surface area is 69.3 Å². The highest BCUT2D eigenvalue weighted by molar-refractivity contribution is 5.40. The fourth-order valence-corrected chi connectivity index (χ4v) is 1.31. The van der Waals surface area contributed by atoms with Gasteiger partial charge in [0.1, 0.15) is 0 Å². The molecule has 0 aromatic heterocycles. The van der Waals surface area contributed by atoms with Gasteiger partial charge < -0.3 is 0 Å². The third-order valence-corrected chi connectivity index (χ3v) is 2.41. The lowest BCUT2D eigenvalue weighted by molar-refractivity contribution is 1.14. The third-order valence-electron chi connectivity index (χ3n) is 2.41. The Morgan fingerprint density at radius 2 is 1.73 bits per heavy atom. The van der Waals surface area contributed by atoms with Crippen LogP contribution >= 0.6 is 0 Å². The minimum atomic E-state index is 1.12. The van der Waals surface area contributed by atoms with Crippen LogP contribution in [0, 0.1) is 0 Å². The molecule has 0 nitrogen and oxygen atoms in total. The van der Waals surface area contributed by atoms with E-state index in [2.05, 4.69) is 39.8 Å². The standard InChI is InChI=1S/C11H16/c1-8-5-6-9(2)11(4)10(3)7-8/h5,7H,6H2,1-4H3. The maximum Gasteiger partial charge on any atom is -0.0130 e. The highest BCUT2D eigenvalue weighted by atomic mass is 14.1. The lowest BCUT2D eigenvalue weighted by Gasteiger charge is -2.02. The molecule has 1 aliphatic rings. The van der Waals surface area contributed by atoms with E-state index in [4.69, 9.17) is 0 Å². The summed E-state index contributed by atoms with van der Waals surface area (Å²) in [6.07, 6.45) is 5.66. The van der Waals surface area contributed by atoms with Gasteiger partial charge >= 0.3 is 0 Å². The number of hydrogen-bond acceptors (Lipinski definition) is 0. The SMILES string of the molecule is CC1=CCC(C)=C(C)C(C)=C1. The van der Waals surface area contributed by atoms with Crippen molar-refractivity contribution in [1.29, 1.82) is 0 Å². The third kappa shape index (κ3) is 1.83. The van der Waals surface area contributed by atoms with Crippen molar-refractivity contribution in [2.75, 3.05) is 0 Å². The Kier molecular flexibility index (Phi) is 2.33. The molecule has 0 saturated carbocycles. The zero-order valence-corrected chi connectivity index (χ0v) is 7.86. The van der Waals surface area contributed by atoms with Gasteiger partial charge in [-0.1, -0.05) is 23.3 Å². The molecule has 0 saturated heterocycles. The predicted molar refractivity (Wildman–Crippen MR) is 50.5 cm³/mol. The molecular formula is C11H16. The molecule has 0 aromatic carbocycles. The van der Waals surface area contributed by atoms with Crippen LogP contribution in [-0.2, 0) is 0 Å². The molecule has 0 bridgehead atoms. The summed E-state index contributed by atoms with van der Waals surface area (Å²) in [5, 5.41) is 0. The maximum atomic E-state index is 2.29. The first-order chi connectivity index (χ1) is 5.11. The molecule has 0 aromatic rings. The Hall–Kier alpha value is -0.780. The molecule has 11 heavy (non-hydrogen) atoms. The van der Waals surface area contributed by atoms with E-state index in [1.54, 1.807) is 0 Å². The molecule has 0 aliphatic heterocycles. The summed E-state index contributed by atoms with van der Waals surface area (Å²) in [4.78, 5) is 0. The van der Waals surface area contributed by atoms with Crippen molar-refractivity contribution in [2.45, 2.75) is 34.1 Å². The van der Waals surface area contributed by atoms with Crippen LogP contribution in [0.1, 0.15) is 34.1 Å². The van der Waals surface area contributed by atoms with Crippen molar-refractivity contribution < 1.29 is 0 Å². The van der Waals surface area contributed by atoms with Crippen LogP contribution in [0.25, 0.3) is 0 Å². The second kappa shape index (κ2) is 3.08. The fraction of sp³-hybridized carbons (Fsp3) is 0.455. The van der Waals surface area contributed by atoms with Crippen molar-refractivity contribution in [3.05, 3.63) is 34.4 Å². The molecule has 0 heterocycles. The average molecular weight is 148 g/mol. The average Bonchev–Trinajstić information content (AvgIpc) is 2.05. The quantitative estimate of drug-likeness (QED) is 0.492. The summed E-state index contributed by atoms with van der Waals surface area (Å²) in [7, 11) is 0. The Balaban J connectivity index is 3.05. The molecule has 0 N–H and O–H groups in total. The van der Waals surface area contributed by atoms with Crippen LogP contribution in [0.4, 0.5) is 0 Å². The summed E-state index contributed by atoms with van der Waals surface area (Å²) in [5.74, 6) is 0.